The molecule has 0 unspecified atom stereocenters. The van der Waals surface area contributed by atoms with Crippen LogP contribution in [-0.4, -0.2) is 76.7 Å². The zero-order chi connectivity index (χ0) is 26.4. The van der Waals surface area contributed by atoms with Gasteiger partial charge in [0.1, 0.15) is 17.9 Å². The number of carbonyl (C=O) groups is 2. The first-order valence-corrected chi connectivity index (χ1v) is 12.1. The lowest BCUT2D eigenvalue weighted by Crippen LogP contribution is -2.56. The first-order valence-electron chi connectivity index (χ1n) is 12.1. The Kier molecular flexibility index (Phi) is 8.19. The Morgan fingerprint density at radius 1 is 1.27 bits per heavy atom. The summed E-state index contributed by atoms with van der Waals surface area (Å²) in [6, 6.07) is 13.1. The number of benzene rings is 2. The molecule has 10 nitrogen and oxygen atoms in total. The van der Waals surface area contributed by atoms with Crippen molar-refractivity contribution in [1.29, 1.82) is 0 Å². The maximum absolute atomic E-state index is 12.8. The van der Waals surface area contributed by atoms with Crippen LogP contribution in [0.4, 0.5) is 16.3 Å². The number of aromatic nitrogens is 2. The average molecular weight is 505 g/mol. The Bertz CT molecular complexity index is 1280. The highest BCUT2D eigenvalue weighted by Crippen LogP contribution is 2.30. The zero-order valence-corrected chi connectivity index (χ0v) is 21.1. The summed E-state index contributed by atoms with van der Waals surface area (Å²) in [6.45, 7) is 5.48. The second-order valence-electron chi connectivity index (χ2n) is 8.93. The second-order valence-corrected chi connectivity index (χ2v) is 8.93. The molecule has 0 spiro atoms. The minimum absolute atomic E-state index is 0.174. The predicted octanol–water partition coefficient (Wildman–Crippen LogP) is 3.48. The van der Waals surface area contributed by atoms with Crippen LogP contribution in [-0.2, 0) is 11.3 Å². The van der Waals surface area contributed by atoms with E-state index in [0.29, 0.717) is 31.9 Å². The van der Waals surface area contributed by atoms with Gasteiger partial charge in [-0.15, -0.1) is 6.58 Å². The van der Waals surface area contributed by atoms with Gasteiger partial charge in [0.2, 0.25) is 5.91 Å². The van der Waals surface area contributed by atoms with E-state index in [4.69, 9.17) is 4.74 Å². The lowest BCUT2D eigenvalue weighted by atomic mass is 9.89. The smallest absolute Gasteiger partial charge is 0.407 e. The van der Waals surface area contributed by atoms with E-state index in [0.717, 1.165) is 27.9 Å². The number of rotatable bonds is 9. The number of anilines is 2. The number of fused-ring (bicyclic) bond motifs is 1. The van der Waals surface area contributed by atoms with E-state index in [1.165, 1.54) is 11.2 Å². The zero-order valence-electron chi connectivity index (χ0n) is 21.1. The molecule has 0 bridgehead atoms. The molecule has 4 rings (SSSR count). The van der Waals surface area contributed by atoms with Crippen LogP contribution in [0.2, 0.25) is 0 Å². The van der Waals surface area contributed by atoms with Gasteiger partial charge < -0.3 is 25.4 Å². The fourth-order valence-corrected chi connectivity index (χ4v) is 4.95. The number of nitrogens with one attached hydrogen (secondary N) is 2. The standard InChI is InChI=1S/C27H32N6O4/c1-4-12-33(27(35)36)23-11-13-32(16-21(23)26(34)28-2)15-18-7-5-10-22-24(18)25(30-17-29-22)31-19-8-6-9-20(14-19)37-3/h4-10,14,17,21,23H,1,11-13,15-16H2,2-3H3,(H,28,34)(H,35,36)(H,29,30,31)/t21-,23+/m0/s1. The summed E-state index contributed by atoms with van der Waals surface area (Å²) in [5, 5.41) is 16.7. The van der Waals surface area contributed by atoms with E-state index in [1.807, 2.05) is 42.5 Å². The first kappa shape index (κ1) is 25.9. The molecule has 3 N–H and O–H groups in total. The maximum atomic E-state index is 12.8. The minimum Gasteiger partial charge on any atom is -0.497 e. The molecule has 37 heavy (non-hydrogen) atoms. The Labute approximate surface area is 216 Å². The van der Waals surface area contributed by atoms with Crippen molar-refractivity contribution in [2.24, 2.45) is 5.92 Å². The van der Waals surface area contributed by atoms with E-state index in [2.05, 4.69) is 32.1 Å². The highest BCUT2D eigenvalue weighted by molar-refractivity contribution is 5.93. The molecular formula is C27H32N6O4. The number of carboxylic acid groups (broad SMARTS) is 1. The SMILES string of the molecule is C=CCN(C(=O)O)[C@@H]1CCN(Cc2cccc3ncnc(Nc4cccc(OC)c4)c23)C[C@@H]1C(=O)NC. The third-order valence-corrected chi connectivity index (χ3v) is 6.69. The first-order chi connectivity index (χ1) is 17.9. The molecule has 2 amide bonds. The van der Waals surface area contributed by atoms with Crippen molar-refractivity contribution < 1.29 is 19.4 Å². The molecule has 1 fully saturated rings. The molecule has 0 radical (unpaired) electrons. The quantitative estimate of drug-likeness (QED) is 0.379. The number of hydrogen-bond donors (Lipinski definition) is 3. The van der Waals surface area contributed by atoms with Crippen molar-refractivity contribution in [1.82, 2.24) is 25.1 Å². The molecule has 2 heterocycles. The number of carbonyl (C=O) groups excluding carboxylic acids is 1. The molecule has 1 aliphatic heterocycles. The lowest BCUT2D eigenvalue weighted by molar-refractivity contribution is -0.128. The summed E-state index contributed by atoms with van der Waals surface area (Å²) < 4.78 is 5.34. The van der Waals surface area contributed by atoms with Crippen LogP contribution >= 0.6 is 0 Å². The van der Waals surface area contributed by atoms with Gasteiger partial charge in [-0.25, -0.2) is 14.8 Å². The molecule has 194 valence electrons. The van der Waals surface area contributed by atoms with Gasteiger partial charge in [-0.3, -0.25) is 9.69 Å². The van der Waals surface area contributed by atoms with E-state index in [1.54, 1.807) is 20.2 Å². The number of methoxy groups -OCH3 is 1. The minimum atomic E-state index is -1.05. The monoisotopic (exact) mass is 504 g/mol. The summed E-state index contributed by atoms with van der Waals surface area (Å²) in [6.07, 6.45) is 2.57. The lowest BCUT2D eigenvalue weighted by Gasteiger charge is -2.41. The Morgan fingerprint density at radius 3 is 2.81 bits per heavy atom. The van der Waals surface area contributed by atoms with E-state index in [-0.39, 0.29) is 12.5 Å². The highest BCUT2D eigenvalue weighted by atomic mass is 16.5. The van der Waals surface area contributed by atoms with Gasteiger partial charge in [0.25, 0.3) is 0 Å². The van der Waals surface area contributed by atoms with Crippen LogP contribution in [0.3, 0.4) is 0 Å². The summed E-state index contributed by atoms with van der Waals surface area (Å²) in [7, 11) is 3.20. The van der Waals surface area contributed by atoms with Gasteiger partial charge >= 0.3 is 6.09 Å². The van der Waals surface area contributed by atoms with Crippen molar-refractivity contribution in [3.05, 3.63) is 67.0 Å². The Hall–Kier alpha value is -4.18. The highest BCUT2D eigenvalue weighted by Gasteiger charge is 2.39. The van der Waals surface area contributed by atoms with Gasteiger partial charge in [0.05, 0.1) is 18.5 Å². The van der Waals surface area contributed by atoms with E-state index in [9.17, 15) is 14.7 Å². The van der Waals surface area contributed by atoms with Crippen LogP contribution in [0.5, 0.6) is 5.75 Å². The Balaban J connectivity index is 1.61. The van der Waals surface area contributed by atoms with Crippen molar-refractivity contribution in [2.45, 2.75) is 19.0 Å². The molecular weight excluding hydrogens is 472 g/mol. The number of amides is 2. The van der Waals surface area contributed by atoms with Crippen molar-refractivity contribution in [3.8, 4) is 5.75 Å². The largest absolute Gasteiger partial charge is 0.497 e. The van der Waals surface area contributed by atoms with Crippen LogP contribution in [0, 0.1) is 5.92 Å². The fraction of sp³-hybridized carbons (Fsp3) is 0.333. The molecule has 1 aromatic heterocycles. The molecule has 1 saturated heterocycles. The summed E-state index contributed by atoms with van der Waals surface area (Å²) >= 11 is 0. The van der Waals surface area contributed by atoms with Gasteiger partial charge in [-0.05, 0) is 30.2 Å². The van der Waals surface area contributed by atoms with Crippen molar-refractivity contribution >= 4 is 34.4 Å². The number of hydrogen-bond acceptors (Lipinski definition) is 7. The fourth-order valence-electron chi connectivity index (χ4n) is 4.95. The third-order valence-electron chi connectivity index (χ3n) is 6.69. The number of piperidine rings is 1. The molecule has 10 heteroatoms. The maximum Gasteiger partial charge on any atom is 0.407 e. The average Bonchev–Trinajstić information content (AvgIpc) is 2.91. The van der Waals surface area contributed by atoms with Crippen molar-refractivity contribution in [2.75, 3.05) is 39.1 Å². The second kappa shape index (κ2) is 11.7. The summed E-state index contributed by atoms with van der Waals surface area (Å²) in [5.41, 5.74) is 2.66. The van der Waals surface area contributed by atoms with Gasteiger partial charge in [0, 0.05) is 56.4 Å². The van der Waals surface area contributed by atoms with Crippen LogP contribution in [0.25, 0.3) is 10.9 Å². The number of nitrogens with zero attached hydrogens (tertiary/aromatic N) is 4. The van der Waals surface area contributed by atoms with E-state index >= 15 is 0 Å². The van der Waals surface area contributed by atoms with Crippen molar-refractivity contribution in [3.63, 3.8) is 0 Å². The third kappa shape index (κ3) is 5.80. The molecule has 1 aliphatic rings. The molecule has 3 aromatic rings. The summed E-state index contributed by atoms with van der Waals surface area (Å²) in [4.78, 5) is 37.2. The van der Waals surface area contributed by atoms with Gasteiger partial charge in [-0.2, -0.15) is 0 Å². The summed E-state index contributed by atoms with van der Waals surface area (Å²) in [5.74, 6) is 0.732. The van der Waals surface area contributed by atoms with Crippen LogP contribution < -0.4 is 15.4 Å². The van der Waals surface area contributed by atoms with Gasteiger partial charge in [-0.1, -0.05) is 24.3 Å². The molecule has 2 atom stereocenters. The molecule has 2 aromatic carbocycles. The molecule has 0 aliphatic carbocycles. The number of likely N-dealkylation sites (tertiary alicyclic amines) is 1. The van der Waals surface area contributed by atoms with Gasteiger partial charge in [0.15, 0.2) is 0 Å². The topological polar surface area (TPSA) is 120 Å². The molecule has 0 saturated carbocycles. The normalized spacial score (nSPS) is 17.7. The van der Waals surface area contributed by atoms with Crippen LogP contribution in [0.15, 0.2) is 61.4 Å². The Morgan fingerprint density at radius 2 is 2.08 bits per heavy atom. The predicted molar refractivity (Wildman–Crippen MR) is 142 cm³/mol. The van der Waals surface area contributed by atoms with E-state index < -0.39 is 18.1 Å². The van der Waals surface area contributed by atoms with Crippen LogP contribution in [0.1, 0.15) is 12.0 Å². The number of ether oxygens (including phenoxy) is 1.